The summed E-state index contributed by atoms with van der Waals surface area (Å²) < 4.78 is 20.5. The number of aryl methyl sites for hydroxylation is 1. The summed E-state index contributed by atoms with van der Waals surface area (Å²) in [5.41, 5.74) is -0.148. The molecule has 1 aliphatic rings. The van der Waals surface area contributed by atoms with Gasteiger partial charge in [0.2, 0.25) is 5.95 Å². The van der Waals surface area contributed by atoms with Crippen molar-refractivity contribution >= 4 is 65.0 Å². The number of phenolic OH excluding ortho intramolecular Hbond substituents is 1. The van der Waals surface area contributed by atoms with Crippen LogP contribution in [0.1, 0.15) is 47.8 Å². The van der Waals surface area contributed by atoms with Gasteiger partial charge in [-0.05, 0) is 55.8 Å². The maximum Gasteiger partial charge on any atom is 0.413 e. The third-order valence-corrected chi connectivity index (χ3v) is 8.70. The number of aldehydes is 1. The summed E-state index contributed by atoms with van der Waals surface area (Å²) in [6.45, 7) is 1.83. The number of aromatic hydroxyl groups is 2. The summed E-state index contributed by atoms with van der Waals surface area (Å²) in [4.78, 5) is 79.4. The molecule has 0 atom stereocenters. The van der Waals surface area contributed by atoms with Gasteiger partial charge in [0, 0.05) is 27.5 Å². The number of phenols is 2. The summed E-state index contributed by atoms with van der Waals surface area (Å²) in [5.74, 6) is -7.54. The van der Waals surface area contributed by atoms with Crippen molar-refractivity contribution in [3.63, 3.8) is 0 Å². The molecule has 1 aromatic heterocycles. The maximum atomic E-state index is 12.9. The highest BCUT2D eigenvalue weighted by Gasteiger charge is 2.36. The molecule has 0 spiro atoms. The van der Waals surface area contributed by atoms with E-state index in [1.165, 1.54) is 25.9 Å². The number of aromatic amines is 1. The molecule has 55 heavy (non-hydrogen) atoms. The van der Waals surface area contributed by atoms with Crippen LogP contribution in [-0.4, -0.2) is 73.8 Å². The van der Waals surface area contributed by atoms with Gasteiger partial charge < -0.3 is 44.4 Å². The summed E-state index contributed by atoms with van der Waals surface area (Å²) >= 11 is 1.67. The smallest absolute Gasteiger partial charge is 0.413 e. The maximum absolute atomic E-state index is 12.9. The molecular formula is C37H29N3O14S. The third-order valence-electron chi connectivity index (χ3n) is 7.71. The Kier molecular flexibility index (Phi) is 11.7. The second kappa shape index (κ2) is 16.6. The molecule has 0 saturated heterocycles. The van der Waals surface area contributed by atoms with E-state index in [1.54, 1.807) is 11.8 Å². The average molecular weight is 772 g/mol. The van der Waals surface area contributed by atoms with E-state index in [9.17, 15) is 44.1 Å². The number of aromatic nitrogens is 2. The highest BCUT2D eigenvalue weighted by Crippen LogP contribution is 2.50. The molecule has 0 fully saturated rings. The zero-order chi connectivity index (χ0) is 40.0. The van der Waals surface area contributed by atoms with Crippen LogP contribution in [0.5, 0.6) is 28.7 Å². The van der Waals surface area contributed by atoms with E-state index in [-0.39, 0.29) is 28.7 Å². The molecular weight excluding hydrogens is 742 g/mol. The summed E-state index contributed by atoms with van der Waals surface area (Å²) in [6, 6.07) is 17.2. The van der Waals surface area contributed by atoms with Crippen molar-refractivity contribution in [3.05, 3.63) is 100 Å². The molecule has 0 aliphatic carbocycles. The summed E-state index contributed by atoms with van der Waals surface area (Å²) in [6.07, 6.45) is 0.756. The number of nitrogens with one attached hydrogen (secondary N) is 2. The lowest BCUT2D eigenvalue weighted by atomic mass is 10.0. The molecule has 282 valence electrons. The molecule has 0 radical (unpaired) electrons. The minimum atomic E-state index is -1.60. The fourth-order valence-electron chi connectivity index (χ4n) is 5.20. The average Bonchev–Trinajstić information content (AvgIpc) is 3.46. The lowest BCUT2D eigenvalue weighted by Crippen LogP contribution is -2.13. The number of hydrogen-bond acceptors (Lipinski definition) is 14. The predicted molar refractivity (Wildman–Crippen MR) is 192 cm³/mol. The molecule has 1 aliphatic heterocycles. The number of carbonyl (C=O) groups is 6. The minimum absolute atomic E-state index is 0.169. The number of esters is 2. The number of rotatable bonds is 9. The van der Waals surface area contributed by atoms with Gasteiger partial charge in [0.05, 0.1) is 29.3 Å². The van der Waals surface area contributed by atoms with Crippen LogP contribution in [0.4, 0.5) is 10.7 Å². The van der Waals surface area contributed by atoms with E-state index >= 15 is 0 Å². The Labute approximate surface area is 314 Å². The lowest BCUT2D eigenvalue weighted by Gasteiger charge is -2.18. The Morgan fingerprint density at radius 1 is 0.945 bits per heavy atom. The molecule has 0 saturated carbocycles. The van der Waals surface area contributed by atoms with Crippen LogP contribution < -0.4 is 14.8 Å². The van der Waals surface area contributed by atoms with Gasteiger partial charge in [-0.15, -0.1) is 0 Å². The number of nitrogens with zero attached hydrogens (tertiary/aromatic N) is 1. The van der Waals surface area contributed by atoms with Crippen LogP contribution in [0.2, 0.25) is 0 Å². The lowest BCUT2D eigenvalue weighted by molar-refractivity contribution is -0.139. The van der Waals surface area contributed by atoms with Crippen molar-refractivity contribution in [2.45, 2.75) is 30.2 Å². The number of methoxy groups -OCH3 is 1. The van der Waals surface area contributed by atoms with Crippen molar-refractivity contribution in [2.24, 2.45) is 0 Å². The first-order valence-electron chi connectivity index (χ1n) is 15.7. The Morgan fingerprint density at radius 2 is 1.67 bits per heavy atom. The van der Waals surface area contributed by atoms with E-state index in [4.69, 9.17) is 19.3 Å². The number of aromatic carboxylic acids is 1. The van der Waals surface area contributed by atoms with Gasteiger partial charge in [0.25, 0.3) is 0 Å². The third kappa shape index (κ3) is 8.66. The fraction of sp³-hybridized carbons (Fsp3) is 0.108. The van der Waals surface area contributed by atoms with Gasteiger partial charge in [-0.3, -0.25) is 10.1 Å². The van der Waals surface area contributed by atoms with Crippen molar-refractivity contribution in [2.75, 3.05) is 12.4 Å². The number of ether oxygens (including phenoxy) is 4. The van der Waals surface area contributed by atoms with E-state index in [0.29, 0.717) is 18.1 Å². The number of imidazole rings is 1. The zero-order valence-electron chi connectivity index (χ0n) is 28.9. The van der Waals surface area contributed by atoms with Crippen LogP contribution in [0, 0.1) is 13.8 Å². The van der Waals surface area contributed by atoms with E-state index < -0.39 is 76.3 Å². The molecule has 1 amide bonds. The van der Waals surface area contributed by atoms with Gasteiger partial charge in [-0.2, -0.15) is 0 Å². The first kappa shape index (κ1) is 38.9. The zero-order valence-corrected chi connectivity index (χ0v) is 29.7. The van der Waals surface area contributed by atoms with Gasteiger partial charge in [0.1, 0.15) is 29.2 Å². The molecule has 2 heterocycles. The Balaban J connectivity index is 0.000000235. The molecule has 4 aromatic carbocycles. The number of carbonyl (C=O) groups excluding carboxylic acids is 4. The van der Waals surface area contributed by atoms with E-state index in [2.05, 4.69) is 32.2 Å². The number of fused-ring (bicyclic) bond motifs is 3. The number of hydrogen-bond donors (Lipinski definition) is 6. The van der Waals surface area contributed by atoms with Crippen molar-refractivity contribution in [1.82, 2.24) is 9.97 Å². The number of benzene rings is 4. The molecule has 5 aromatic rings. The predicted octanol–water partition coefficient (Wildman–Crippen LogP) is 6.13. The van der Waals surface area contributed by atoms with Crippen LogP contribution in [0.3, 0.4) is 0 Å². The van der Waals surface area contributed by atoms with Gasteiger partial charge >= 0.3 is 30.0 Å². The Morgan fingerprint density at radius 3 is 2.33 bits per heavy atom. The molecule has 0 bridgehead atoms. The molecule has 0 unspecified atom stereocenters. The van der Waals surface area contributed by atoms with Crippen LogP contribution in [0.15, 0.2) is 76.5 Å². The Hall–Kier alpha value is -7.34. The number of anilines is 1. The Bertz CT molecular complexity index is 2410. The van der Waals surface area contributed by atoms with Crippen molar-refractivity contribution < 1.29 is 68.1 Å². The van der Waals surface area contributed by atoms with Crippen molar-refractivity contribution in [1.29, 1.82) is 0 Å². The minimum Gasteiger partial charge on any atom is -0.507 e. The number of carboxylic acids is 2. The highest BCUT2D eigenvalue weighted by atomic mass is 32.2. The van der Waals surface area contributed by atoms with Gasteiger partial charge in [-0.25, -0.2) is 29.0 Å². The molecule has 18 heteroatoms. The van der Waals surface area contributed by atoms with Gasteiger partial charge in [-0.1, -0.05) is 30.0 Å². The van der Waals surface area contributed by atoms with Crippen LogP contribution >= 0.6 is 11.8 Å². The van der Waals surface area contributed by atoms with Crippen LogP contribution in [0.25, 0.3) is 11.0 Å². The SMILES string of the molecule is COC(=O)Nc1nc2ccc(Sc3ccccc3)cc2[nH]1.Cc1cc(O)c(C=O)c2c1C(=O)Oc1c(COC(=O)C=CC(=O)O)c(O)c(C(=O)O)c(C)c1O2. The fourth-order valence-corrected chi connectivity index (χ4v) is 6.08. The number of H-pyrrole nitrogens is 1. The summed E-state index contributed by atoms with van der Waals surface area (Å²) in [7, 11) is 1.31. The first-order chi connectivity index (χ1) is 26.2. The second-order valence-corrected chi connectivity index (χ2v) is 12.5. The second-order valence-electron chi connectivity index (χ2n) is 11.3. The monoisotopic (exact) mass is 771 g/mol. The van der Waals surface area contributed by atoms with Crippen LogP contribution in [-0.2, 0) is 25.7 Å². The highest BCUT2D eigenvalue weighted by molar-refractivity contribution is 7.99. The quantitative estimate of drug-likeness (QED) is 0.0426. The number of aliphatic carboxylic acids is 1. The van der Waals surface area contributed by atoms with E-state index in [0.717, 1.165) is 22.0 Å². The van der Waals surface area contributed by atoms with Gasteiger partial charge in [0.15, 0.2) is 23.5 Å². The standard InChI is InChI=1S/C22H16O12.C15H13N3O2S/c1-8-5-12(24)10(6-23)19-15(8)22(31)34-20-11(7-32-14(27)4-3-13(25)26)17(28)16(21(29)30)9(2)18(20)33-19;1-20-15(19)18-14-16-12-8-7-11(9-13(12)17-14)21-10-5-3-2-4-6-10/h3-6,24,28H,7H2,1-2H3,(H,25,26)(H,29,30);2-9H,1H3,(H2,16,17,18,19). The molecule has 6 N–H and O–H groups in total. The first-order valence-corrected chi connectivity index (χ1v) is 16.5. The summed E-state index contributed by atoms with van der Waals surface area (Å²) in [5, 5.41) is 41.4. The molecule has 17 nitrogen and oxygen atoms in total. The van der Waals surface area contributed by atoms with Crippen molar-refractivity contribution in [3.8, 4) is 28.7 Å². The number of carboxylic acid groups (broad SMARTS) is 2. The normalized spacial score (nSPS) is 11.5. The van der Waals surface area contributed by atoms with E-state index in [1.807, 2.05) is 36.4 Å². The molecule has 6 rings (SSSR count). The number of amides is 1. The topological polar surface area (TPSA) is 261 Å². The largest absolute Gasteiger partial charge is 0.507 e.